The van der Waals surface area contributed by atoms with E-state index in [1.807, 2.05) is 54.6 Å². The lowest BCUT2D eigenvalue weighted by Gasteiger charge is -2.24. The number of benzene rings is 2. The van der Waals surface area contributed by atoms with Gasteiger partial charge in [-0.3, -0.25) is 14.2 Å². The van der Waals surface area contributed by atoms with Crippen LogP contribution >= 0.6 is 11.8 Å². The highest BCUT2D eigenvalue weighted by Gasteiger charge is 2.26. The first-order valence-electron chi connectivity index (χ1n) is 9.83. The van der Waals surface area contributed by atoms with Gasteiger partial charge in [0.25, 0.3) is 5.56 Å². The van der Waals surface area contributed by atoms with E-state index in [0.717, 1.165) is 16.9 Å². The first kappa shape index (κ1) is 20.2. The molecule has 3 aromatic rings. The van der Waals surface area contributed by atoms with Crippen LogP contribution in [-0.2, 0) is 24.5 Å². The molecule has 0 aliphatic carbocycles. The normalized spacial score (nSPS) is 15.3. The molecule has 7 heteroatoms. The van der Waals surface area contributed by atoms with Gasteiger partial charge in [0.15, 0.2) is 5.16 Å². The van der Waals surface area contributed by atoms with Crippen molar-refractivity contribution < 1.29 is 9.53 Å². The average molecular weight is 422 g/mol. The molecule has 154 valence electrons. The van der Waals surface area contributed by atoms with Crippen LogP contribution in [0, 0.1) is 12.8 Å². The Balaban J connectivity index is 1.30. The Morgan fingerprint density at radius 2 is 1.93 bits per heavy atom. The van der Waals surface area contributed by atoms with Gasteiger partial charge in [0.2, 0.25) is 5.91 Å². The van der Waals surface area contributed by atoms with Crippen molar-refractivity contribution in [3.05, 3.63) is 87.8 Å². The number of hydrogen-bond acceptors (Lipinski definition) is 5. The number of nitrogens with zero attached hydrogens (tertiary/aromatic N) is 2. The van der Waals surface area contributed by atoms with Gasteiger partial charge in [0.1, 0.15) is 12.4 Å². The van der Waals surface area contributed by atoms with Crippen molar-refractivity contribution in [2.75, 3.05) is 5.75 Å². The Kier molecular flexibility index (Phi) is 6.18. The number of fused-ring (bicyclic) bond motifs is 1. The Hall–Kier alpha value is -3.06. The summed E-state index contributed by atoms with van der Waals surface area (Å²) in [5.74, 6) is 1.10. The molecular weight excluding hydrogens is 398 g/mol. The van der Waals surface area contributed by atoms with Gasteiger partial charge in [0, 0.05) is 30.6 Å². The smallest absolute Gasteiger partial charge is 0.257 e. The van der Waals surface area contributed by atoms with Gasteiger partial charge in [-0.25, -0.2) is 4.98 Å². The van der Waals surface area contributed by atoms with Crippen molar-refractivity contribution in [3.63, 3.8) is 0 Å². The Bertz CT molecular complexity index is 1080. The molecule has 0 bridgehead atoms. The van der Waals surface area contributed by atoms with Gasteiger partial charge in [0.05, 0.1) is 5.92 Å². The molecule has 30 heavy (non-hydrogen) atoms. The lowest BCUT2D eigenvalue weighted by molar-refractivity contribution is -0.125. The summed E-state index contributed by atoms with van der Waals surface area (Å²) in [4.78, 5) is 29.2. The minimum Gasteiger partial charge on any atom is -0.489 e. The van der Waals surface area contributed by atoms with Crippen molar-refractivity contribution in [1.82, 2.24) is 14.9 Å². The van der Waals surface area contributed by atoms with Crippen LogP contribution in [0.4, 0.5) is 0 Å². The highest BCUT2D eigenvalue weighted by Crippen LogP contribution is 2.25. The SMILES string of the molecule is Cc1cnc2n(c1=O)CC(C(=O)NCc1ccc(OCc3ccccc3)cc1)CS2. The maximum absolute atomic E-state index is 12.6. The summed E-state index contributed by atoms with van der Waals surface area (Å²) in [6.07, 6.45) is 1.59. The number of thioether (sulfide) groups is 1. The van der Waals surface area contributed by atoms with Crippen LogP contribution in [0.2, 0.25) is 0 Å². The topological polar surface area (TPSA) is 73.2 Å². The number of amides is 1. The zero-order valence-electron chi connectivity index (χ0n) is 16.7. The van der Waals surface area contributed by atoms with Crippen molar-refractivity contribution >= 4 is 17.7 Å². The molecule has 2 aromatic carbocycles. The maximum Gasteiger partial charge on any atom is 0.257 e. The van der Waals surface area contributed by atoms with E-state index < -0.39 is 0 Å². The number of ether oxygens (including phenoxy) is 1. The second-order valence-electron chi connectivity index (χ2n) is 7.28. The largest absolute Gasteiger partial charge is 0.489 e. The van der Waals surface area contributed by atoms with Gasteiger partial charge in [-0.2, -0.15) is 0 Å². The summed E-state index contributed by atoms with van der Waals surface area (Å²) in [6.45, 7) is 3.07. The second kappa shape index (κ2) is 9.17. The van der Waals surface area contributed by atoms with E-state index in [2.05, 4.69) is 10.3 Å². The van der Waals surface area contributed by atoms with Crippen molar-refractivity contribution in [2.24, 2.45) is 5.92 Å². The second-order valence-corrected chi connectivity index (χ2v) is 8.27. The number of carbonyl (C=O) groups is 1. The fraction of sp³-hybridized carbons (Fsp3) is 0.261. The summed E-state index contributed by atoms with van der Waals surface area (Å²) in [6, 6.07) is 17.7. The van der Waals surface area contributed by atoms with E-state index in [0.29, 0.717) is 36.2 Å². The fourth-order valence-corrected chi connectivity index (χ4v) is 4.29. The number of carbonyl (C=O) groups excluding carboxylic acids is 1. The molecule has 1 aliphatic heterocycles. The van der Waals surface area contributed by atoms with E-state index >= 15 is 0 Å². The van der Waals surface area contributed by atoms with Crippen molar-refractivity contribution in [1.29, 1.82) is 0 Å². The molecule has 4 rings (SSSR count). The van der Waals surface area contributed by atoms with Gasteiger partial charge in [-0.05, 0) is 30.2 Å². The molecular formula is C23H23N3O3S. The predicted molar refractivity (Wildman–Crippen MR) is 117 cm³/mol. The van der Waals surface area contributed by atoms with E-state index in [4.69, 9.17) is 4.74 Å². The summed E-state index contributed by atoms with van der Waals surface area (Å²) in [5, 5.41) is 3.66. The Labute approximate surface area is 179 Å². The van der Waals surface area contributed by atoms with Crippen molar-refractivity contribution in [3.8, 4) is 5.75 Å². The van der Waals surface area contributed by atoms with Crippen LogP contribution in [0.3, 0.4) is 0 Å². The number of aryl methyl sites for hydroxylation is 1. The summed E-state index contributed by atoms with van der Waals surface area (Å²) in [5.41, 5.74) is 2.63. The molecule has 1 atom stereocenters. The van der Waals surface area contributed by atoms with Crippen LogP contribution in [0.15, 0.2) is 70.7 Å². The van der Waals surface area contributed by atoms with E-state index in [1.165, 1.54) is 11.8 Å². The fourth-order valence-electron chi connectivity index (χ4n) is 3.24. The molecule has 1 aliphatic rings. The molecule has 0 radical (unpaired) electrons. The Morgan fingerprint density at radius 1 is 1.17 bits per heavy atom. The third-order valence-electron chi connectivity index (χ3n) is 5.01. The van der Waals surface area contributed by atoms with Crippen LogP contribution in [-0.4, -0.2) is 21.2 Å². The lowest BCUT2D eigenvalue weighted by atomic mass is 10.1. The van der Waals surface area contributed by atoms with Crippen LogP contribution in [0.5, 0.6) is 5.75 Å². The number of rotatable bonds is 6. The summed E-state index contributed by atoms with van der Waals surface area (Å²) in [7, 11) is 0. The standard InChI is InChI=1S/C23H23N3O3S/c1-16-11-25-23-26(22(16)28)13-19(15-30-23)21(27)24-12-17-7-9-20(10-8-17)29-14-18-5-3-2-4-6-18/h2-11,19H,12-15H2,1H3,(H,24,27). The van der Waals surface area contributed by atoms with Crippen molar-refractivity contribution in [2.45, 2.75) is 31.8 Å². The monoisotopic (exact) mass is 421 g/mol. The minimum absolute atomic E-state index is 0.0500. The molecule has 2 heterocycles. The van der Waals surface area contributed by atoms with Gasteiger partial charge in [-0.15, -0.1) is 0 Å². The third-order valence-corrected chi connectivity index (χ3v) is 6.16. The van der Waals surface area contributed by atoms with Gasteiger partial charge in [-0.1, -0.05) is 54.2 Å². The molecule has 1 aromatic heterocycles. The molecule has 1 N–H and O–H groups in total. The average Bonchev–Trinajstić information content (AvgIpc) is 2.80. The molecule has 0 saturated heterocycles. The van der Waals surface area contributed by atoms with E-state index in [1.54, 1.807) is 17.7 Å². The first-order chi connectivity index (χ1) is 14.6. The predicted octanol–water partition coefficient (Wildman–Crippen LogP) is 3.17. The zero-order valence-corrected chi connectivity index (χ0v) is 17.5. The zero-order chi connectivity index (χ0) is 20.9. The highest BCUT2D eigenvalue weighted by molar-refractivity contribution is 7.99. The number of nitrogens with one attached hydrogen (secondary N) is 1. The quantitative estimate of drug-likeness (QED) is 0.619. The number of aromatic nitrogens is 2. The van der Waals surface area contributed by atoms with Gasteiger partial charge < -0.3 is 10.1 Å². The first-order valence-corrected chi connectivity index (χ1v) is 10.8. The van der Waals surface area contributed by atoms with Crippen LogP contribution in [0.1, 0.15) is 16.7 Å². The lowest BCUT2D eigenvalue weighted by Crippen LogP contribution is -2.40. The molecule has 0 spiro atoms. The number of hydrogen-bond donors (Lipinski definition) is 1. The summed E-state index contributed by atoms with van der Waals surface area (Å²) < 4.78 is 7.40. The van der Waals surface area contributed by atoms with E-state index in [-0.39, 0.29) is 17.4 Å². The summed E-state index contributed by atoms with van der Waals surface area (Å²) >= 11 is 1.45. The van der Waals surface area contributed by atoms with E-state index in [9.17, 15) is 9.59 Å². The molecule has 1 unspecified atom stereocenters. The molecule has 0 fully saturated rings. The van der Waals surface area contributed by atoms with Gasteiger partial charge >= 0.3 is 0 Å². The maximum atomic E-state index is 12.6. The molecule has 6 nitrogen and oxygen atoms in total. The Morgan fingerprint density at radius 3 is 2.70 bits per heavy atom. The highest BCUT2D eigenvalue weighted by atomic mass is 32.2. The van der Waals surface area contributed by atoms with Crippen LogP contribution in [0.25, 0.3) is 0 Å². The minimum atomic E-state index is -0.253. The van der Waals surface area contributed by atoms with Crippen LogP contribution < -0.4 is 15.6 Å². The molecule has 1 amide bonds. The molecule has 0 saturated carbocycles. The third kappa shape index (κ3) is 4.74.